The number of rotatable bonds is 12. The van der Waals surface area contributed by atoms with Crippen molar-refractivity contribution >= 4 is 21.6 Å². The first-order chi connectivity index (χ1) is 15.8. The number of hydrogen-bond donors (Lipinski definition) is 2. The molecule has 0 aliphatic carbocycles. The van der Waals surface area contributed by atoms with Crippen LogP contribution in [0.5, 0.6) is 11.5 Å². The number of benzene rings is 2. The van der Waals surface area contributed by atoms with Gasteiger partial charge in [0.1, 0.15) is 13.2 Å². The molecule has 1 amide bonds. The van der Waals surface area contributed by atoms with Gasteiger partial charge in [-0.3, -0.25) is 4.79 Å². The summed E-state index contributed by atoms with van der Waals surface area (Å²) in [5.74, 6) is 0.927. The molecule has 1 aliphatic heterocycles. The highest BCUT2D eigenvalue weighted by molar-refractivity contribution is 7.89. The van der Waals surface area contributed by atoms with Crippen molar-refractivity contribution in [1.29, 1.82) is 0 Å². The Kier molecular flexibility index (Phi) is 9.11. The van der Waals surface area contributed by atoms with Crippen LogP contribution in [-0.2, 0) is 26.2 Å². The van der Waals surface area contributed by atoms with Gasteiger partial charge in [-0.1, -0.05) is 18.6 Å². The second kappa shape index (κ2) is 12.0. The number of sulfonamides is 1. The highest BCUT2D eigenvalue weighted by Gasteiger charge is 2.18. The summed E-state index contributed by atoms with van der Waals surface area (Å²) in [7, 11) is -3.63. The van der Waals surface area contributed by atoms with Crippen molar-refractivity contribution < 1.29 is 27.4 Å². The zero-order valence-electron chi connectivity index (χ0n) is 19.1. The summed E-state index contributed by atoms with van der Waals surface area (Å²) in [6.07, 6.45) is 2.57. The molecule has 180 valence electrons. The number of carbonyl (C=O) groups is 1. The average molecular weight is 477 g/mol. The van der Waals surface area contributed by atoms with Crippen molar-refractivity contribution in [3.63, 3.8) is 0 Å². The molecular formula is C24H32N2O6S. The van der Waals surface area contributed by atoms with E-state index in [1.807, 2.05) is 38.1 Å². The van der Waals surface area contributed by atoms with Crippen LogP contribution in [0.4, 0.5) is 5.69 Å². The van der Waals surface area contributed by atoms with E-state index in [1.54, 1.807) is 6.07 Å². The number of ether oxygens (including phenoxy) is 3. The number of fused-ring (bicyclic) bond motifs is 1. The van der Waals surface area contributed by atoms with E-state index in [9.17, 15) is 13.2 Å². The van der Waals surface area contributed by atoms with E-state index in [0.717, 1.165) is 17.7 Å². The quantitative estimate of drug-likeness (QED) is 0.451. The minimum absolute atomic E-state index is 0.0613. The van der Waals surface area contributed by atoms with Crippen molar-refractivity contribution in [1.82, 2.24) is 4.72 Å². The van der Waals surface area contributed by atoms with Gasteiger partial charge in [-0.05, 0) is 56.5 Å². The largest absolute Gasteiger partial charge is 0.486 e. The van der Waals surface area contributed by atoms with Crippen LogP contribution in [0, 0.1) is 0 Å². The molecule has 3 rings (SSSR count). The molecule has 0 fully saturated rings. The molecule has 1 heterocycles. The van der Waals surface area contributed by atoms with E-state index < -0.39 is 10.0 Å². The fourth-order valence-corrected chi connectivity index (χ4v) is 4.38. The van der Waals surface area contributed by atoms with E-state index in [2.05, 4.69) is 10.0 Å². The predicted molar refractivity (Wildman–Crippen MR) is 126 cm³/mol. The Morgan fingerprint density at radius 1 is 1.03 bits per heavy atom. The second-order valence-electron chi connectivity index (χ2n) is 8.12. The first-order valence-corrected chi connectivity index (χ1v) is 12.7. The maximum absolute atomic E-state index is 12.5. The lowest BCUT2D eigenvalue weighted by molar-refractivity contribution is -0.116. The average Bonchev–Trinajstić information content (AvgIpc) is 2.80. The number of hydrogen-bond acceptors (Lipinski definition) is 6. The molecule has 0 radical (unpaired) electrons. The van der Waals surface area contributed by atoms with Gasteiger partial charge in [0, 0.05) is 24.7 Å². The Hall–Kier alpha value is -2.62. The first-order valence-electron chi connectivity index (χ1n) is 11.2. The van der Waals surface area contributed by atoms with Crippen LogP contribution in [0.25, 0.3) is 0 Å². The maximum Gasteiger partial charge on any atom is 0.240 e. The lowest BCUT2D eigenvalue weighted by Gasteiger charge is -2.18. The molecule has 0 saturated carbocycles. The van der Waals surface area contributed by atoms with Crippen LogP contribution >= 0.6 is 0 Å². The zero-order valence-corrected chi connectivity index (χ0v) is 19.9. The predicted octanol–water partition coefficient (Wildman–Crippen LogP) is 3.86. The summed E-state index contributed by atoms with van der Waals surface area (Å²) < 4.78 is 44.0. The van der Waals surface area contributed by atoms with Gasteiger partial charge in [-0.25, -0.2) is 13.1 Å². The van der Waals surface area contributed by atoms with Gasteiger partial charge >= 0.3 is 0 Å². The van der Waals surface area contributed by atoms with E-state index in [0.29, 0.717) is 57.1 Å². The molecule has 0 unspecified atom stereocenters. The Labute approximate surface area is 195 Å². The zero-order chi connectivity index (χ0) is 23.7. The van der Waals surface area contributed by atoms with Crippen molar-refractivity contribution in [2.45, 2.75) is 57.1 Å². The molecule has 0 atom stereocenters. The number of anilines is 1. The molecule has 8 nitrogen and oxygen atoms in total. The topological polar surface area (TPSA) is 103 Å². The van der Waals surface area contributed by atoms with Crippen LogP contribution in [0.1, 0.15) is 45.1 Å². The van der Waals surface area contributed by atoms with Gasteiger partial charge in [0.2, 0.25) is 15.9 Å². The molecule has 0 spiro atoms. The van der Waals surface area contributed by atoms with E-state index in [-0.39, 0.29) is 16.9 Å². The Balaban J connectivity index is 1.35. The van der Waals surface area contributed by atoms with Crippen molar-refractivity contribution in [3.05, 3.63) is 48.0 Å². The van der Waals surface area contributed by atoms with Crippen molar-refractivity contribution in [2.24, 2.45) is 0 Å². The van der Waals surface area contributed by atoms with E-state index >= 15 is 0 Å². The lowest BCUT2D eigenvalue weighted by atomic mass is 10.1. The Bertz CT molecular complexity index is 1040. The van der Waals surface area contributed by atoms with Gasteiger partial charge in [0.05, 0.1) is 17.6 Å². The van der Waals surface area contributed by atoms with Gasteiger partial charge in [-0.15, -0.1) is 0 Å². The third-order valence-corrected chi connectivity index (χ3v) is 6.45. The highest BCUT2D eigenvalue weighted by atomic mass is 32.2. The van der Waals surface area contributed by atoms with Crippen LogP contribution in [0.3, 0.4) is 0 Å². The van der Waals surface area contributed by atoms with Crippen LogP contribution < -0.4 is 19.5 Å². The number of nitrogens with one attached hydrogen (secondary N) is 2. The molecule has 0 saturated heterocycles. The summed E-state index contributed by atoms with van der Waals surface area (Å²) in [5, 5.41) is 2.90. The van der Waals surface area contributed by atoms with E-state index in [4.69, 9.17) is 14.2 Å². The fraction of sp³-hybridized carbons (Fsp3) is 0.458. The smallest absolute Gasteiger partial charge is 0.240 e. The summed E-state index contributed by atoms with van der Waals surface area (Å²) in [6.45, 7) is 5.62. The molecule has 0 aromatic heterocycles. The van der Waals surface area contributed by atoms with Gasteiger partial charge in [-0.2, -0.15) is 0 Å². The number of amides is 1. The molecule has 1 aliphatic rings. The van der Waals surface area contributed by atoms with Gasteiger partial charge < -0.3 is 19.5 Å². The summed E-state index contributed by atoms with van der Waals surface area (Å²) in [4.78, 5) is 12.4. The van der Waals surface area contributed by atoms with Crippen molar-refractivity contribution in [2.75, 3.05) is 25.1 Å². The fourth-order valence-electron chi connectivity index (χ4n) is 3.29. The number of unbranched alkanes of at least 4 members (excludes halogenated alkanes) is 2. The second-order valence-corrected chi connectivity index (χ2v) is 9.89. The monoisotopic (exact) mass is 476 g/mol. The van der Waals surface area contributed by atoms with Crippen molar-refractivity contribution in [3.8, 4) is 11.5 Å². The standard InChI is InChI=1S/C24H32N2O6S/c1-18(2)32-17-19-7-6-8-20(15-19)26-24(27)9-4-3-5-12-25-33(28,29)21-10-11-22-23(16-21)31-14-13-30-22/h6-8,10-11,15-16,18,25H,3-5,9,12-14,17H2,1-2H3,(H,26,27). The minimum Gasteiger partial charge on any atom is -0.486 e. The third kappa shape index (κ3) is 8.03. The molecule has 0 bridgehead atoms. The van der Waals surface area contributed by atoms with Crippen LogP contribution in [0.15, 0.2) is 47.4 Å². The first kappa shape index (κ1) is 25.0. The minimum atomic E-state index is -3.63. The maximum atomic E-state index is 12.5. The third-order valence-electron chi connectivity index (χ3n) is 4.99. The highest BCUT2D eigenvalue weighted by Crippen LogP contribution is 2.32. The molecule has 2 N–H and O–H groups in total. The SMILES string of the molecule is CC(C)OCc1cccc(NC(=O)CCCCCNS(=O)(=O)c2ccc3c(c2)OCCO3)c1. The summed E-state index contributed by atoms with van der Waals surface area (Å²) >= 11 is 0. The van der Waals surface area contributed by atoms with Gasteiger partial charge in [0.15, 0.2) is 11.5 Å². The van der Waals surface area contributed by atoms with E-state index in [1.165, 1.54) is 12.1 Å². The van der Waals surface area contributed by atoms with Gasteiger partial charge in [0.25, 0.3) is 0 Å². The lowest BCUT2D eigenvalue weighted by Crippen LogP contribution is -2.25. The molecular weight excluding hydrogens is 444 g/mol. The molecule has 2 aromatic rings. The number of carbonyl (C=O) groups excluding carboxylic acids is 1. The Morgan fingerprint density at radius 3 is 2.61 bits per heavy atom. The Morgan fingerprint density at radius 2 is 1.82 bits per heavy atom. The normalized spacial score (nSPS) is 13.2. The molecule has 9 heteroatoms. The molecule has 2 aromatic carbocycles. The summed E-state index contributed by atoms with van der Waals surface area (Å²) in [5.41, 5.74) is 1.75. The van der Waals surface area contributed by atoms with Crippen LogP contribution in [0.2, 0.25) is 0 Å². The summed E-state index contributed by atoms with van der Waals surface area (Å²) in [6, 6.07) is 12.2. The van der Waals surface area contributed by atoms with Crippen LogP contribution in [-0.4, -0.2) is 40.2 Å². The molecule has 33 heavy (non-hydrogen) atoms.